The Kier molecular flexibility index (Phi) is 3.51. The van der Waals surface area contributed by atoms with Crippen LogP contribution in [-0.2, 0) is 6.54 Å². The number of aromatic nitrogens is 3. The number of aryl methyl sites for hydroxylation is 1. The molecule has 0 saturated heterocycles. The first-order chi connectivity index (χ1) is 9.08. The minimum Gasteiger partial charge on any atom is -0.368 e. The van der Waals surface area contributed by atoms with Gasteiger partial charge in [-0.3, -0.25) is 15.1 Å². The maximum atomic E-state index is 10.8. The normalized spacial score (nSPS) is 10.2. The molecule has 0 aliphatic carbocycles. The van der Waals surface area contributed by atoms with E-state index in [0.29, 0.717) is 6.54 Å². The van der Waals surface area contributed by atoms with Gasteiger partial charge in [0.05, 0.1) is 17.2 Å². The van der Waals surface area contributed by atoms with E-state index in [1.54, 1.807) is 6.20 Å². The SMILES string of the molecule is Cc1cccnc1CNc1nc(N)ncc1[N+](=O)[O-]. The molecule has 0 radical (unpaired) electrons. The Hall–Kier alpha value is -2.77. The van der Waals surface area contributed by atoms with Gasteiger partial charge in [-0.25, -0.2) is 4.98 Å². The number of hydrogen-bond donors (Lipinski definition) is 2. The maximum Gasteiger partial charge on any atom is 0.329 e. The Morgan fingerprint density at radius 1 is 1.47 bits per heavy atom. The van der Waals surface area contributed by atoms with Crippen molar-refractivity contribution in [3.63, 3.8) is 0 Å². The lowest BCUT2D eigenvalue weighted by atomic mass is 10.2. The van der Waals surface area contributed by atoms with E-state index >= 15 is 0 Å². The van der Waals surface area contributed by atoms with Crippen LogP contribution in [0.1, 0.15) is 11.3 Å². The molecule has 0 saturated carbocycles. The number of nitrogens with one attached hydrogen (secondary N) is 1. The second-order valence-corrected chi connectivity index (χ2v) is 3.84. The smallest absolute Gasteiger partial charge is 0.329 e. The lowest BCUT2D eigenvalue weighted by Gasteiger charge is -2.07. The summed E-state index contributed by atoms with van der Waals surface area (Å²) in [5.41, 5.74) is 6.98. The third-order valence-electron chi connectivity index (χ3n) is 2.53. The molecule has 0 fully saturated rings. The van der Waals surface area contributed by atoms with Crippen molar-refractivity contribution >= 4 is 17.5 Å². The first-order valence-electron chi connectivity index (χ1n) is 5.49. The van der Waals surface area contributed by atoms with Crippen molar-refractivity contribution in [3.8, 4) is 0 Å². The minimum absolute atomic E-state index is 0.0224. The van der Waals surface area contributed by atoms with Gasteiger partial charge in [-0.05, 0) is 18.6 Å². The summed E-state index contributed by atoms with van der Waals surface area (Å²) in [6.45, 7) is 2.23. The highest BCUT2D eigenvalue weighted by Gasteiger charge is 2.16. The van der Waals surface area contributed by atoms with Crippen molar-refractivity contribution in [1.29, 1.82) is 0 Å². The van der Waals surface area contributed by atoms with E-state index in [-0.39, 0.29) is 17.5 Å². The minimum atomic E-state index is -0.562. The van der Waals surface area contributed by atoms with Crippen molar-refractivity contribution in [2.45, 2.75) is 13.5 Å². The molecular weight excluding hydrogens is 248 g/mol. The summed E-state index contributed by atoms with van der Waals surface area (Å²) < 4.78 is 0. The van der Waals surface area contributed by atoms with Crippen LogP contribution in [0.25, 0.3) is 0 Å². The van der Waals surface area contributed by atoms with Crippen LogP contribution in [0.2, 0.25) is 0 Å². The highest BCUT2D eigenvalue weighted by Crippen LogP contribution is 2.21. The van der Waals surface area contributed by atoms with Crippen LogP contribution in [0.4, 0.5) is 17.5 Å². The largest absolute Gasteiger partial charge is 0.368 e. The number of pyridine rings is 1. The molecule has 0 bridgehead atoms. The molecule has 3 N–H and O–H groups in total. The quantitative estimate of drug-likeness (QED) is 0.627. The number of nitrogens with zero attached hydrogens (tertiary/aromatic N) is 4. The van der Waals surface area contributed by atoms with Gasteiger partial charge in [0.1, 0.15) is 6.20 Å². The van der Waals surface area contributed by atoms with Crippen molar-refractivity contribution in [1.82, 2.24) is 15.0 Å². The van der Waals surface area contributed by atoms with E-state index in [9.17, 15) is 10.1 Å². The summed E-state index contributed by atoms with van der Waals surface area (Å²) in [6.07, 6.45) is 2.74. The van der Waals surface area contributed by atoms with Crippen LogP contribution >= 0.6 is 0 Å². The molecule has 0 aliphatic heterocycles. The topological polar surface area (TPSA) is 120 Å². The van der Waals surface area contributed by atoms with Gasteiger partial charge >= 0.3 is 5.69 Å². The zero-order valence-corrected chi connectivity index (χ0v) is 10.2. The van der Waals surface area contributed by atoms with E-state index in [0.717, 1.165) is 17.5 Å². The van der Waals surface area contributed by atoms with Gasteiger partial charge in [0.25, 0.3) is 0 Å². The third-order valence-corrected chi connectivity index (χ3v) is 2.53. The Morgan fingerprint density at radius 3 is 2.95 bits per heavy atom. The first-order valence-corrected chi connectivity index (χ1v) is 5.49. The number of hydrogen-bond acceptors (Lipinski definition) is 7. The van der Waals surface area contributed by atoms with Gasteiger partial charge in [0, 0.05) is 6.20 Å². The number of nitrogens with two attached hydrogens (primary N) is 1. The Balaban J connectivity index is 2.22. The van der Waals surface area contributed by atoms with Gasteiger partial charge in [-0.1, -0.05) is 6.07 Å². The monoisotopic (exact) mass is 260 g/mol. The number of anilines is 2. The molecule has 19 heavy (non-hydrogen) atoms. The highest BCUT2D eigenvalue weighted by molar-refractivity contribution is 5.56. The molecular formula is C11H12N6O2. The third kappa shape index (κ3) is 2.92. The molecule has 2 aromatic rings. The summed E-state index contributed by atoms with van der Waals surface area (Å²) in [5.74, 6) is 0.0633. The zero-order chi connectivity index (χ0) is 13.8. The average molecular weight is 260 g/mol. The Bertz CT molecular complexity index is 616. The highest BCUT2D eigenvalue weighted by atomic mass is 16.6. The molecule has 0 aliphatic rings. The number of nitrogen functional groups attached to an aromatic ring is 1. The molecule has 0 atom stereocenters. The Labute approximate surface area is 108 Å². The summed E-state index contributed by atoms with van der Waals surface area (Å²) >= 11 is 0. The van der Waals surface area contributed by atoms with Crippen molar-refractivity contribution in [3.05, 3.63) is 45.9 Å². The van der Waals surface area contributed by atoms with E-state index in [1.807, 2.05) is 19.1 Å². The Morgan fingerprint density at radius 2 is 2.26 bits per heavy atom. The summed E-state index contributed by atoms with van der Waals surface area (Å²) in [4.78, 5) is 21.9. The molecule has 0 aromatic carbocycles. The van der Waals surface area contributed by atoms with Crippen LogP contribution in [-0.4, -0.2) is 19.9 Å². The van der Waals surface area contributed by atoms with E-state index in [1.165, 1.54) is 0 Å². The lowest BCUT2D eigenvalue weighted by molar-refractivity contribution is -0.384. The van der Waals surface area contributed by atoms with Crippen molar-refractivity contribution in [2.75, 3.05) is 11.1 Å². The summed E-state index contributed by atoms with van der Waals surface area (Å²) in [7, 11) is 0. The molecule has 2 rings (SSSR count). The standard InChI is InChI=1S/C11H12N6O2/c1-7-3-2-4-13-8(7)5-14-10-9(17(18)19)6-15-11(12)16-10/h2-4,6H,5H2,1H3,(H3,12,14,15,16). The second-order valence-electron chi connectivity index (χ2n) is 3.84. The van der Waals surface area contributed by atoms with Crippen LogP contribution in [0.3, 0.4) is 0 Å². The van der Waals surface area contributed by atoms with Crippen molar-refractivity contribution < 1.29 is 4.92 Å². The van der Waals surface area contributed by atoms with Gasteiger partial charge < -0.3 is 11.1 Å². The van der Waals surface area contributed by atoms with Crippen LogP contribution in [0.15, 0.2) is 24.5 Å². The van der Waals surface area contributed by atoms with E-state index < -0.39 is 4.92 Å². The summed E-state index contributed by atoms with van der Waals surface area (Å²) in [5, 5.41) is 13.7. The van der Waals surface area contributed by atoms with E-state index in [4.69, 9.17) is 5.73 Å². The van der Waals surface area contributed by atoms with Crippen LogP contribution in [0.5, 0.6) is 0 Å². The van der Waals surface area contributed by atoms with Gasteiger partial charge in [-0.15, -0.1) is 0 Å². The first kappa shape index (κ1) is 12.7. The predicted molar refractivity (Wildman–Crippen MR) is 69.4 cm³/mol. The molecule has 98 valence electrons. The predicted octanol–water partition coefficient (Wildman–Crippen LogP) is 1.28. The molecule has 0 spiro atoms. The van der Waals surface area contributed by atoms with Crippen LogP contribution in [0, 0.1) is 17.0 Å². The van der Waals surface area contributed by atoms with Gasteiger partial charge in [0.2, 0.25) is 11.8 Å². The number of nitro groups is 1. The fraction of sp³-hybridized carbons (Fsp3) is 0.182. The maximum absolute atomic E-state index is 10.8. The molecule has 2 heterocycles. The van der Waals surface area contributed by atoms with E-state index in [2.05, 4.69) is 20.3 Å². The van der Waals surface area contributed by atoms with Gasteiger partial charge in [0.15, 0.2) is 0 Å². The molecule has 2 aromatic heterocycles. The van der Waals surface area contributed by atoms with Gasteiger partial charge in [-0.2, -0.15) is 4.98 Å². The van der Waals surface area contributed by atoms with Crippen molar-refractivity contribution in [2.24, 2.45) is 0 Å². The zero-order valence-electron chi connectivity index (χ0n) is 10.2. The molecule has 0 unspecified atom stereocenters. The number of rotatable bonds is 4. The fourth-order valence-electron chi connectivity index (χ4n) is 1.52. The van der Waals surface area contributed by atoms with Crippen LogP contribution < -0.4 is 11.1 Å². The molecule has 8 nitrogen and oxygen atoms in total. The second kappa shape index (κ2) is 5.25. The summed E-state index contributed by atoms with van der Waals surface area (Å²) in [6, 6.07) is 3.73. The average Bonchev–Trinajstić information content (AvgIpc) is 2.37. The molecule has 0 amide bonds. The fourth-order valence-corrected chi connectivity index (χ4v) is 1.52. The lowest BCUT2D eigenvalue weighted by Crippen LogP contribution is -2.09. The molecule has 8 heteroatoms.